The molecule has 1 atom stereocenters. The van der Waals surface area contributed by atoms with Gasteiger partial charge in [-0.25, -0.2) is 4.79 Å². The first-order valence-electron chi connectivity index (χ1n) is 9.05. The third kappa shape index (κ3) is 4.51. The molecule has 0 aromatic heterocycles. The minimum Gasteiger partial charge on any atom is -0.453 e. The van der Waals surface area contributed by atoms with Crippen molar-refractivity contribution in [2.45, 2.75) is 19.4 Å². The Morgan fingerprint density at radius 2 is 1.76 bits per heavy atom. The van der Waals surface area contributed by atoms with Gasteiger partial charge < -0.3 is 14.5 Å². The van der Waals surface area contributed by atoms with Crippen molar-refractivity contribution in [2.75, 3.05) is 46.4 Å². The van der Waals surface area contributed by atoms with Crippen LogP contribution < -0.4 is 0 Å². The minimum absolute atomic E-state index is 0.0893. The maximum Gasteiger partial charge on any atom is 0.409 e. The van der Waals surface area contributed by atoms with Crippen LogP contribution in [0, 0.1) is 5.92 Å². The lowest BCUT2D eigenvalue weighted by Gasteiger charge is -2.38. The lowest BCUT2D eigenvalue weighted by molar-refractivity contribution is -0.138. The van der Waals surface area contributed by atoms with Crippen molar-refractivity contribution in [3.8, 4) is 0 Å². The van der Waals surface area contributed by atoms with Crippen LogP contribution in [-0.4, -0.2) is 73.1 Å². The van der Waals surface area contributed by atoms with Crippen LogP contribution in [0.25, 0.3) is 0 Å². The molecular weight excluding hydrogens is 318 g/mol. The van der Waals surface area contributed by atoms with E-state index in [1.54, 1.807) is 4.90 Å². The van der Waals surface area contributed by atoms with Gasteiger partial charge >= 0.3 is 6.09 Å². The fraction of sp³-hybridized carbons (Fsp3) is 0.579. The van der Waals surface area contributed by atoms with Crippen LogP contribution in [0.3, 0.4) is 0 Å². The highest BCUT2D eigenvalue weighted by atomic mass is 16.5. The molecule has 2 heterocycles. The van der Waals surface area contributed by atoms with Gasteiger partial charge in [-0.3, -0.25) is 9.69 Å². The summed E-state index contributed by atoms with van der Waals surface area (Å²) in [6, 6.07) is 10.4. The molecule has 25 heavy (non-hydrogen) atoms. The molecule has 0 bridgehead atoms. The predicted octanol–water partition coefficient (Wildman–Crippen LogP) is 1.81. The molecule has 1 aromatic carbocycles. The molecule has 2 aliphatic rings. The zero-order valence-electron chi connectivity index (χ0n) is 14.9. The molecule has 2 aliphatic heterocycles. The quantitative estimate of drug-likeness (QED) is 0.838. The van der Waals surface area contributed by atoms with E-state index in [1.165, 1.54) is 12.7 Å². The molecule has 136 valence electrons. The van der Waals surface area contributed by atoms with Crippen molar-refractivity contribution >= 4 is 12.0 Å². The Morgan fingerprint density at radius 3 is 2.44 bits per heavy atom. The van der Waals surface area contributed by atoms with Gasteiger partial charge in [0.1, 0.15) is 0 Å². The maximum atomic E-state index is 12.8. The number of likely N-dealkylation sites (tertiary alicyclic amines) is 1. The van der Waals surface area contributed by atoms with Crippen molar-refractivity contribution in [2.24, 2.45) is 5.92 Å². The first kappa shape index (κ1) is 17.7. The Kier molecular flexibility index (Phi) is 5.91. The normalized spacial score (nSPS) is 21.9. The SMILES string of the molecule is COC(=O)N1CCCC(C(=O)N2CCN(Cc3ccccc3)CC2)C1. The second kappa shape index (κ2) is 8.34. The molecule has 1 aromatic rings. The molecule has 0 saturated carbocycles. The van der Waals surface area contributed by atoms with Crippen molar-refractivity contribution < 1.29 is 14.3 Å². The first-order chi connectivity index (χ1) is 12.2. The third-order valence-corrected chi connectivity index (χ3v) is 5.14. The lowest BCUT2D eigenvalue weighted by atomic mass is 9.96. The standard InChI is InChI=1S/C19H27N3O3/c1-25-19(24)22-9-5-8-17(15-22)18(23)21-12-10-20(11-13-21)14-16-6-3-2-4-7-16/h2-4,6-7,17H,5,8-15H2,1H3. The average Bonchev–Trinajstić information content (AvgIpc) is 2.68. The molecule has 2 amide bonds. The van der Waals surface area contributed by atoms with Crippen LogP contribution in [0.1, 0.15) is 18.4 Å². The number of amides is 2. The van der Waals surface area contributed by atoms with Crippen LogP contribution in [0.4, 0.5) is 4.79 Å². The predicted molar refractivity (Wildman–Crippen MR) is 95.0 cm³/mol. The summed E-state index contributed by atoms with van der Waals surface area (Å²) in [7, 11) is 1.39. The second-order valence-corrected chi connectivity index (χ2v) is 6.84. The number of benzene rings is 1. The van der Waals surface area contributed by atoms with E-state index < -0.39 is 0 Å². The van der Waals surface area contributed by atoms with Crippen molar-refractivity contribution in [1.82, 2.24) is 14.7 Å². The van der Waals surface area contributed by atoms with E-state index in [1.807, 2.05) is 11.0 Å². The van der Waals surface area contributed by atoms with E-state index in [-0.39, 0.29) is 17.9 Å². The zero-order chi connectivity index (χ0) is 17.6. The van der Waals surface area contributed by atoms with Gasteiger partial charge in [-0.05, 0) is 18.4 Å². The number of carbonyl (C=O) groups excluding carboxylic acids is 2. The summed E-state index contributed by atoms with van der Waals surface area (Å²) >= 11 is 0. The number of rotatable bonds is 3. The summed E-state index contributed by atoms with van der Waals surface area (Å²) in [4.78, 5) is 30.5. The Bertz CT molecular complexity index is 585. The fourth-order valence-corrected chi connectivity index (χ4v) is 3.70. The molecule has 6 nitrogen and oxygen atoms in total. The summed E-state index contributed by atoms with van der Waals surface area (Å²) in [5.41, 5.74) is 1.31. The number of nitrogens with zero attached hydrogens (tertiary/aromatic N) is 3. The van der Waals surface area contributed by atoms with E-state index in [4.69, 9.17) is 4.74 Å². The number of hydrogen-bond acceptors (Lipinski definition) is 4. The summed E-state index contributed by atoms with van der Waals surface area (Å²) < 4.78 is 4.79. The topological polar surface area (TPSA) is 53.1 Å². The number of piperidine rings is 1. The van der Waals surface area contributed by atoms with Gasteiger partial charge in [0.05, 0.1) is 13.0 Å². The molecule has 2 fully saturated rings. The summed E-state index contributed by atoms with van der Waals surface area (Å²) in [6.45, 7) is 5.42. The molecule has 0 radical (unpaired) electrons. The van der Waals surface area contributed by atoms with Gasteiger partial charge in [0.2, 0.25) is 5.91 Å². The first-order valence-corrected chi connectivity index (χ1v) is 9.05. The van der Waals surface area contributed by atoms with E-state index in [0.717, 1.165) is 45.6 Å². The van der Waals surface area contributed by atoms with Crippen molar-refractivity contribution in [3.05, 3.63) is 35.9 Å². The third-order valence-electron chi connectivity index (χ3n) is 5.14. The molecule has 1 unspecified atom stereocenters. The number of piperazine rings is 1. The lowest BCUT2D eigenvalue weighted by Crippen LogP contribution is -2.52. The van der Waals surface area contributed by atoms with E-state index in [9.17, 15) is 9.59 Å². The largest absolute Gasteiger partial charge is 0.453 e. The highest BCUT2D eigenvalue weighted by molar-refractivity contribution is 5.80. The van der Waals surface area contributed by atoms with Crippen LogP contribution >= 0.6 is 0 Å². The molecule has 3 rings (SSSR count). The summed E-state index contributed by atoms with van der Waals surface area (Å²) in [6.07, 6.45) is 1.39. The molecular formula is C19H27N3O3. The van der Waals surface area contributed by atoms with Gasteiger partial charge in [-0.2, -0.15) is 0 Å². The molecule has 0 N–H and O–H groups in total. The van der Waals surface area contributed by atoms with Crippen LogP contribution in [0.2, 0.25) is 0 Å². The number of ether oxygens (including phenoxy) is 1. The Labute approximate surface area is 149 Å². The average molecular weight is 345 g/mol. The van der Waals surface area contributed by atoms with Gasteiger partial charge in [-0.1, -0.05) is 30.3 Å². The zero-order valence-corrected chi connectivity index (χ0v) is 14.9. The van der Waals surface area contributed by atoms with Crippen LogP contribution in [0.15, 0.2) is 30.3 Å². The fourth-order valence-electron chi connectivity index (χ4n) is 3.70. The maximum absolute atomic E-state index is 12.8. The van der Waals surface area contributed by atoms with Crippen LogP contribution in [0.5, 0.6) is 0 Å². The molecule has 6 heteroatoms. The summed E-state index contributed by atoms with van der Waals surface area (Å²) in [5.74, 6) is 0.0986. The highest BCUT2D eigenvalue weighted by Crippen LogP contribution is 2.20. The Balaban J connectivity index is 1.49. The smallest absolute Gasteiger partial charge is 0.409 e. The number of methoxy groups -OCH3 is 1. The minimum atomic E-state index is -0.329. The van der Waals surface area contributed by atoms with Gasteiger partial charge in [0.15, 0.2) is 0 Å². The highest BCUT2D eigenvalue weighted by Gasteiger charge is 2.32. The van der Waals surface area contributed by atoms with Gasteiger partial charge in [0, 0.05) is 45.8 Å². The van der Waals surface area contributed by atoms with Gasteiger partial charge in [0.25, 0.3) is 0 Å². The molecule has 2 saturated heterocycles. The summed E-state index contributed by atoms with van der Waals surface area (Å²) in [5, 5.41) is 0. The number of hydrogen-bond donors (Lipinski definition) is 0. The monoisotopic (exact) mass is 345 g/mol. The van der Waals surface area contributed by atoms with E-state index >= 15 is 0 Å². The Hall–Kier alpha value is -2.08. The van der Waals surface area contributed by atoms with E-state index in [2.05, 4.69) is 29.2 Å². The number of carbonyl (C=O) groups is 2. The Morgan fingerprint density at radius 1 is 1.04 bits per heavy atom. The van der Waals surface area contributed by atoms with Crippen LogP contribution in [-0.2, 0) is 16.1 Å². The van der Waals surface area contributed by atoms with Crippen molar-refractivity contribution in [3.63, 3.8) is 0 Å². The molecule has 0 spiro atoms. The second-order valence-electron chi connectivity index (χ2n) is 6.84. The van der Waals surface area contributed by atoms with Gasteiger partial charge in [-0.15, -0.1) is 0 Å². The van der Waals surface area contributed by atoms with Crippen molar-refractivity contribution in [1.29, 1.82) is 0 Å². The van der Waals surface area contributed by atoms with E-state index in [0.29, 0.717) is 13.1 Å². The molecule has 0 aliphatic carbocycles.